The molecule has 2 amide bonds. The maximum atomic E-state index is 12.1. The highest BCUT2D eigenvalue weighted by molar-refractivity contribution is 8.23. The first-order valence-corrected chi connectivity index (χ1v) is 9.78. The van der Waals surface area contributed by atoms with E-state index in [0.717, 1.165) is 12.2 Å². The molecule has 1 aromatic rings. The smallest absolute Gasteiger partial charge is 0.240 e. The van der Waals surface area contributed by atoms with E-state index in [0.29, 0.717) is 21.0 Å². The average Bonchev–Trinajstić information content (AvgIpc) is 2.94. The zero-order valence-corrected chi connectivity index (χ0v) is 15.5. The number of thiocarbonyl (C=S) groups is 1. The largest absolute Gasteiger partial charge is 0.326 e. The summed E-state index contributed by atoms with van der Waals surface area (Å²) in [5, 5.41) is 9.49. The van der Waals surface area contributed by atoms with Gasteiger partial charge in [0.15, 0.2) is 9.49 Å². The number of thioether (sulfide) groups is 2. The van der Waals surface area contributed by atoms with Gasteiger partial charge in [-0.3, -0.25) is 15.0 Å². The third-order valence-corrected chi connectivity index (χ3v) is 5.56. The van der Waals surface area contributed by atoms with Crippen molar-refractivity contribution in [2.45, 2.75) is 18.1 Å². The summed E-state index contributed by atoms with van der Waals surface area (Å²) in [6, 6.07) is 9.13. The molecule has 3 N–H and O–H groups in total. The molecule has 130 valence electrons. The number of carbonyl (C=O) groups is 2. The van der Waals surface area contributed by atoms with Crippen LogP contribution in [-0.2, 0) is 9.59 Å². The topological polar surface area (TPSA) is 94.9 Å². The summed E-state index contributed by atoms with van der Waals surface area (Å²) in [7, 11) is 0. The van der Waals surface area contributed by atoms with E-state index in [1.165, 1.54) is 23.5 Å². The highest BCUT2D eigenvalue weighted by Crippen LogP contribution is 2.23. The number of hydrogen-bond acceptors (Lipinski definition) is 7. The number of para-hydroxylation sites is 1. The minimum atomic E-state index is -0.505. The Hall–Kier alpha value is -1.91. The van der Waals surface area contributed by atoms with Gasteiger partial charge in [0.05, 0.1) is 0 Å². The Balaban J connectivity index is 1.52. The summed E-state index contributed by atoms with van der Waals surface area (Å²) >= 11 is 7.78. The van der Waals surface area contributed by atoms with Crippen LogP contribution in [0, 0.1) is 0 Å². The van der Waals surface area contributed by atoms with Gasteiger partial charge in [0.1, 0.15) is 11.1 Å². The SMILES string of the molecule is O=C(CC1S/C(=N/NC2=NC(=S)SCC2)NC1=O)Nc1ccccc1. The third kappa shape index (κ3) is 5.28. The van der Waals surface area contributed by atoms with Gasteiger partial charge in [0.2, 0.25) is 11.8 Å². The van der Waals surface area contributed by atoms with E-state index in [1.54, 1.807) is 12.1 Å². The van der Waals surface area contributed by atoms with E-state index in [-0.39, 0.29) is 18.2 Å². The van der Waals surface area contributed by atoms with Crippen molar-refractivity contribution in [1.82, 2.24) is 10.7 Å². The maximum absolute atomic E-state index is 12.1. The van der Waals surface area contributed by atoms with E-state index in [2.05, 4.69) is 26.2 Å². The Bertz CT molecular complexity index is 751. The Kier molecular flexibility index (Phi) is 6.05. The van der Waals surface area contributed by atoms with Gasteiger partial charge in [-0.2, -0.15) is 0 Å². The van der Waals surface area contributed by atoms with Crippen LogP contribution in [0.4, 0.5) is 5.69 Å². The number of nitrogens with zero attached hydrogens (tertiary/aromatic N) is 2. The molecule has 2 aliphatic heterocycles. The van der Waals surface area contributed by atoms with Crippen LogP contribution in [0.1, 0.15) is 12.8 Å². The number of anilines is 1. The first-order chi connectivity index (χ1) is 12.1. The number of benzene rings is 1. The van der Waals surface area contributed by atoms with Crippen LogP contribution in [0.5, 0.6) is 0 Å². The number of aliphatic imine (C=N–C) groups is 1. The lowest BCUT2D eigenvalue weighted by molar-refractivity contribution is -0.122. The second-order valence-electron chi connectivity index (χ2n) is 5.17. The van der Waals surface area contributed by atoms with Crippen LogP contribution in [0.25, 0.3) is 0 Å². The molecule has 2 heterocycles. The monoisotopic (exact) mass is 393 g/mol. The number of hydrazone groups is 1. The third-order valence-electron chi connectivity index (χ3n) is 3.28. The molecule has 0 aliphatic carbocycles. The van der Waals surface area contributed by atoms with Crippen molar-refractivity contribution in [3.05, 3.63) is 30.3 Å². The van der Waals surface area contributed by atoms with E-state index in [9.17, 15) is 9.59 Å². The molecule has 1 saturated heterocycles. The van der Waals surface area contributed by atoms with E-state index in [4.69, 9.17) is 12.2 Å². The van der Waals surface area contributed by atoms with E-state index >= 15 is 0 Å². The molecule has 7 nitrogen and oxygen atoms in total. The number of amides is 2. The molecule has 1 fully saturated rings. The lowest BCUT2D eigenvalue weighted by Gasteiger charge is -2.10. The second-order valence-corrected chi connectivity index (χ2v) is 8.09. The minimum absolute atomic E-state index is 0.0755. The summed E-state index contributed by atoms with van der Waals surface area (Å²) < 4.78 is 0.576. The number of hydrogen-bond donors (Lipinski definition) is 3. The highest BCUT2D eigenvalue weighted by Gasteiger charge is 2.32. The second kappa shape index (κ2) is 8.45. The van der Waals surface area contributed by atoms with Crippen molar-refractivity contribution < 1.29 is 9.59 Å². The van der Waals surface area contributed by atoms with Crippen molar-refractivity contribution in [2.24, 2.45) is 10.1 Å². The van der Waals surface area contributed by atoms with Crippen molar-refractivity contribution >= 4 is 68.6 Å². The molecule has 10 heteroatoms. The highest BCUT2D eigenvalue weighted by atomic mass is 32.2. The van der Waals surface area contributed by atoms with Crippen LogP contribution in [0.2, 0.25) is 0 Å². The molecule has 1 unspecified atom stereocenters. The number of nitrogens with one attached hydrogen (secondary N) is 3. The molecular formula is C15H15N5O2S3. The summed E-state index contributed by atoms with van der Waals surface area (Å²) in [6.07, 6.45) is 0.815. The average molecular weight is 394 g/mol. The molecule has 0 saturated carbocycles. The summed E-state index contributed by atoms with van der Waals surface area (Å²) in [5.41, 5.74) is 3.53. The first-order valence-electron chi connectivity index (χ1n) is 7.50. The van der Waals surface area contributed by atoms with Crippen LogP contribution in [-0.4, -0.2) is 38.1 Å². The Labute approximate surface area is 158 Å². The zero-order valence-electron chi connectivity index (χ0n) is 13.0. The summed E-state index contributed by atoms with van der Waals surface area (Å²) in [5.74, 6) is 1.09. The number of amidine groups is 2. The Morgan fingerprint density at radius 2 is 2.20 bits per heavy atom. The van der Waals surface area contributed by atoms with Crippen LogP contribution < -0.4 is 16.1 Å². The maximum Gasteiger partial charge on any atom is 0.240 e. The fourth-order valence-electron chi connectivity index (χ4n) is 2.12. The van der Waals surface area contributed by atoms with Gasteiger partial charge >= 0.3 is 0 Å². The predicted octanol–water partition coefficient (Wildman–Crippen LogP) is 1.93. The van der Waals surface area contributed by atoms with Gasteiger partial charge in [-0.1, -0.05) is 53.9 Å². The number of carbonyl (C=O) groups excluding carboxylic acids is 2. The lowest BCUT2D eigenvalue weighted by Crippen LogP contribution is -2.29. The first kappa shape index (κ1) is 17.9. The fraction of sp³-hybridized carbons (Fsp3) is 0.267. The molecule has 3 rings (SSSR count). The minimum Gasteiger partial charge on any atom is -0.326 e. The van der Waals surface area contributed by atoms with E-state index < -0.39 is 5.25 Å². The molecule has 0 spiro atoms. The Morgan fingerprint density at radius 3 is 2.96 bits per heavy atom. The number of rotatable bonds is 4. The van der Waals surface area contributed by atoms with Crippen molar-refractivity contribution in [3.63, 3.8) is 0 Å². The summed E-state index contributed by atoms with van der Waals surface area (Å²) in [4.78, 5) is 28.3. The molecule has 0 bridgehead atoms. The van der Waals surface area contributed by atoms with Gasteiger partial charge in [0, 0.05) is 24.3 Å². The zero-order chi connectivity index (χ0) is 17.6. The van der Waals surface area contributed by atoms with Crippen LogP contribution in [0.15, 0.2) is 40.4 Å². The normalized spacial score (nSPS) is 21.7. The predicted molar refractivity (Wildman–Crippen MR) is 107 cm³/mol. The van der Waals surface area contributed by atoms with Gasteiger partial charge in [-0.05, 0) is 12.1 Å². The van der Waals surface area contributed by atoms with Crippen molar-refractivity contribution in [3.8, 4) is 0 Å². The Morgan fingerprint density at radius 1 is 1.40 bits per heavy atom. The quantitative estimate of drug-likeness (QED) is 0.534. The molecule has 1 aromatic carbocycles. The standard InChI is InChI=1S/C15H15N5O2S3/c21-12(16-9-4-2-1-3-5-9)8-10-13(22)18-14(25-10)20-19-11-6-7-24-15(23)17-11/h1-5,10H,6-8H2,(H,16,21)(H,17,19,23)(H,18,20,22). The molecule has 0 aromatic heterocycles. The molecule has 25 heavy (non-hydrogen) atoms. The summed E-state index contributed by atoms with van der Waals surface area (Å²) in [6.45, 7) is 0. The van der Waals surface area contributed by atoms with Gasteiger partial charge in [0.25, 0.3) is 0 Å². The fourth-order valence-corrected chi connectivity index (χ4v) is 4.06. The molecule has 2 aliphatic rings. The molecule has 0 radical (unpaired) electrons. The van der Waals surface area contributed by atoms with Gasteiger partial charge < -0.3 is 10.6 Å². The van der Waals surface area contributed by atoms with Crippen molar-refractivity contribution in [1.29, 1.82) is 0 Å². The van der Waals surface area contributed by atoms with Crippen molar-refractivity contribution in [2.75, 3.05) is 11.1 Å². The van der Waals surface area contributed by atoms with Crippen LogP contribution >= 0.6 is 35.7 Å². The molecular weight excluding hydrogens is 378 g/mol. The van der Waals surface area contributed by atoms with E-state index in [1.807, 2.05) is 18.2 Å². The molecule has 1 atom stereocenters. The lowest BCUT2D eigenvalue weighted by atomic mass is 10.2. The van der Waals surface area contributed by atoms with Gasteiger partial charge in [-0.25, -0.2) is 4.99 Å². The van der Waals surface area contributed by atoms with Gasteiger partial charge in [-0.15, -0.1) is 5.10 Å². The van der Waals surface area contributed by atoms with Crippen LogP contribution in [0.3, 0.4) is 0 Å².